The Balaban J connectivity index is 2.91. The van der Waals surface area contributed by atoms with Crippen LogP contribution in [0.25, 0.3) is 0 Å². The zero-order chi connectivity index (χ0) is 10.8. The molecule has 0 aliphatic carbocycles. The van der Waals surface area contributed by atoms with Crippen molar-refractivity contribution in [2.24, 2.45) is 0 Å². The second kappa shape index (κ2) is 4.01. The highest BCUT2D eigenvalue weighted by Gasteiger charge is 2.19. The third kappa shape index (κ3) is 2.74. The second-order valence-corrected chi connectivity index (χ2v) is 4.29. The van der Waals surface area contributed by atoms with E-state index >= 15 is 0 Å². The molecule has 78 valence electrons. The number of ether oxygens (including phenoxy) is 1. The van der Waals surface area contributed by atoms with Gasteiger partial charge in [0.15, 0.2) is 0 Å². The maximum Gasteiger partial charge on any atom is 0.126 e. The molecule has 1 aromatic carbocycles. The zero-order valence-electron chi connectivity index (χ0n) is 9.29. The van der Waals surface area contributed by atoms with Crippen LogP contribution in [0.5, 0.6) is 5.75 Å². The smallest absolute Gasteiger partial charge is 0.126 e. The summed E-state index contributed by atoms with van der Waals surface area (Å²) in [5, 5.41) is 9.09. The summed E-state index contributed by atoms with van der Waals surface area (Å²) in [5.74, 6) is 0.851. The Morgan fingerprint density at radius 3 is 2.50 bits per heavy atom. The summed E-state index contributed by atoms with van der Waals surface area (Å²) in [5.41, 5.74) is 1.75. The van der Waals surface area contributed by atoms with Crippen LogP contribution >= 0.6 is 0 Å². The lowest BCUT2D eigenvalue weighted by molar-refractivity contribution is 0.0406. The zero-order valence-corrected chi connectivity index (χ0v) is 9.29. The van der Waals surface area contributed by atoms with Crippen molar-refractivity contribution >= 4 is 0 Å². The van der Waals surface area contributed by atoms with Gasteiger partial charge < -0.3 is 9.84 Å². The highest BCUT2D eigenvalue weighted by Crippen LogP contribution is 2.23. The van der Waals surface area contributed by atoms with Gasteiger partial charge in [-0.05, 0) is 44.9 Å². The van der Waals surface area contributed by atoms with Crippen LogP contribution in [0, 0.1) is 13.8 Å². The average Bonchev–Trinajstić information content (AvgIpc) is 2.11. The molecule has 2 nitrogen and oxygen atoms in total. The average molecular weight is 194 g/mol. The molecule has 0 aromatic heterocycles. The van der Waals surface area contributed by atoms with E-state index in [2.05, 4.69) is 0 Å². The lowest BCUT2D eigenvalue weighted by Gasteiger charge is -2.25. The van der Waals surface area contributed by atoms with E-state index < -0.39 is 5.60 Å². The molecule has 0 bridgehead atoms. The summed E-state index contributed by atoms with van der Waals surface area (Å²) in [6.45, 7) is 7.78. The first-order valence-electron chi connectivity index (χ1n) is 4.82. The number of aliphatic hydroxyl groups is 1. The Labute approximate surface area is 85.5 Å². The quantitative estimate of drug-likeness (QED) is 0.801. The van der Waals surface area contributed by atoms with E-state index in [1.807, 2.05) is 45.9 Å². The summed E-state index contributed by atoms with van der Waals surface area (Å²) in [4.78, 5) is 0. The van der Waals surface area contributed by atoms with Crippen molar-refractivity contribution in [2.45, 2.75) is 33.3 Å². The molecule has 0 aliphatic rings. The van der Waals surface area contributed by atoms with Crippen molar-refractivity contribution in [1.29, 1.82) is 0 Å². The fourth-order valence-corrected chi connectivity index (χ4v) is 1.15. The van der Waals surface area contributed by atoms with Crippen LogP contribution in [0.4, 0.5) is 0 Å². The van der Waals surface area contributed by atoms with Gasteiger partial charge in [0.2, 0.25) is 0 Å². The third-order valence-electron chi connectivity index (χ3n) is 2.11. The van der Waals surface area contributed by atoms with Gasteiger partial charge in [0.05, 0.1) is 6.61 Å². The molecular formula is C12H18O2. The first-order valence-corrected chi connectivity index (χ1v) is 4.82. The molecule has 0 saturated heterocycles. The number of aryl methyl sites for hydroxylation is 2. The predicted octanol–water partition coefficient (Wildman–Crippen LogP) is 2.45. The lowest BCUT2D eigenvalue weighted by atomic mass is 10.1. The summed E-state index contributed by atoms with van der Waals surface area (Å²) >= 11 is 0. The Bertz CT molecular complexity index is 316. The lowest BCUT2D eigenvalue weighted by Crippen LogP contribution is -2.32. The van der Waals surface area contributed by atoms with Gasteiger partial charge in [-0.1, -0.05) is 12.1 Å². The number of benzene rings is 1. The van der Waals surface area contributed by atoms with Gasteiger partial charge in [-0.2, -0.15) is 0 Å². The van der Waals surface area contributed by atoms with Crippen LogP contribution in [-0.2, 0) is 0 Å². The van der Waals surface area contributed by atoms with Crippen molar-refractivity contribution in [1.82, 2.24) is 0 Å². The standard InChI is InChI=1S/C12H18O2/c1-9-5-6-10(2)11(7-9)14-12(3,4)8-13/h5-7,13H,8H2,1-4H3. The van der Waals surface area contributed by atoms with Gasteiger partial charge in [-0.15, -0.1) is 0 Å². The highest BCUT2D eigenvalue weighted by molar-refractivity contribution is 5.36. The molecule has 0 spiro atoms. The Morgan fingerprint density at radius 1 is 1.29 bits per heavy atom. The first kappa shape index (κ1) is 11.1. The van der Waals surface area contributed by atoms with Crippen LogP contribution < -0.4 is 4.74 Å². The minimum Gasteiger partial charge on any atom is -0.485 e. The maximum atomic E-state index is 9.09. The number of rotatable bonds is 3. The van der Waals surface area contributed by atoms with Gasteiger partial charge in [0.1, 0.15) is 11.4 Å². The van der Waals surface area contributed by atoms with E-state index in [1.165, 1.54) is 5.56 Å². The molecule has 0 atom stereocenters. The Morgan fingerprint density at radius 2 is 1.93 bits per heavy atom. The van der Waals surface area contributed by atoms with Gasteiger partial charge >= 0.3 is 0 Å². The predicted molar refractivity (Wildman–Crippen MR) is 57.7 cm³/mol. The van der Waals surface area contributed by atoms with Crippen LogP contribution in [-0.4, -0.2) is 17.3 Å². The van der Waals surface area contributed by atoms with Crippen molar-refractivity contribution in [3.8, 4) is 5.75 Å². The summed E-state index contributed by atoms with van der Waals surface area (Å²) in [6, 6.07) is 6.07. The van der Waals surface area contributed by atoms with E-state index in [0.29, 0.717) is 0 Å². The number of aliphatic hydroxyl groups excluding tert-OH is 1. The number of hydrogen-bond acceptors (Lipinski definition) is 2. The monoisotopic (exact) mass is 194 g/mol. The SMILES string of the molecule is Cc1ccc(C)c(OC(C)(C)CO)c1. The molecule has 0 unspecified atom stereocenters. The molecule has 2 heteroatoms. The van der Waals surface area contributed by atoms with Crippen molar-refractivity contribution < 1.29 is 9.84 Å². The van der Waals surface area contributed by atoms with E-state index in [9.17, 15) is 0 Å². The molecule has 0 saturated carbocycles. The minimum atomic E-state index is -0.515. The van der Waals surface area contributed by atoms with Gasteiger partial charge in [-0.3, -0.25) is 0 Å². The minimum absolute atomic E-state index is 0.0143. The van der Waals surface area contributed by atoms with E-state index in [0.717, 1.165) is 11.3 Å². The third-order valence-corrected chi connectivity index (χ3v) is 2.11. The van der Waals surface area contributed by atoms with Crippen LogP contribution in [0.1, 0.15) is 25.0 Å². The molecule has 0 heterocycles. The van der Waals surface area contributed by atoms with Crippen LogP contribution in [0.15, 0.2) is 18.2 Å². The molecule has 14 heavy (non-hydrogen) atoms. The largest absolute Gasteiger partial charge is 0.485 e. The molecule has 1 aromatic rings. The molecule has 0 aliphatic heterocycles. The first-order chi connectivity index (χ1) is 6.44. The van der Waals surface area contributed by atoms with Crippen LogP contribution in [0.3, 0.4) is 0 Å². The molecular weight excluding hydrogens is 176 g/mol. The second-order valence-electron chi connectivity index (χ2n) is 4.29. The molecule has 1 rings (SSSR count). The molecule has 0 amide bonds. The maximum absolute atomic E-state index is 9.09. The van der Waals surface area contributed by atoms with Gasteiger partial charge in [0, 0.05) is 0 Å². The fourth-order valence-electron chi connectivity index (χ4n) is 1.15. The summed E-state index contributed by atoms with van der Waals surface area (Å²) < 4.78 is 5.71. The van der Waals surface area contributed by atoms with Crippen molar-refractivity contribution in [3.05, 3.63) is 29.3 Å². The van der Waals surface area contributed by atoms with Crippen molar-refractivity contribution in [2.75, 3.05) is 6.61 Å². The van der Waals surface area contributed by atoms with Crippen molar-refractivity contribution in [3.63, 3.8) is 0 Å². The topological polar surface area (TPSA) is 29.5 Å². The van der Waals surface area contributed by atoms with E-state index in [1.54, 1.807) is 0 Å². The highest BCUT2D eigenvalue weighted by atomic mass is 16.5. The van der Waals surface area contributed by atoms with Gasteiger partial charge in [0.25, 0.3) is 0 Å². The normalized spacial score (nSPS) is 11.5. The van der Waals surface area contributed by atoms with E-state index in [-0.39, 0.29) is 6.61 Å². The fraction of sp³-hybridized carbons (Fsp3) is 0.500. The van der Waals surface area contributed by atoms with E-state index in [4.69, 9.17) is 9.84 Å². The Kier molecular flexibility index (Phi) is 3.17. The summed E-state index contributed by atoms with van der Waals surface area (Å²) in [7, 11) is 0. The Hall–Kier alpha value is -1.02. The molecule has 0 radical (unpaired) electrons. The van der Waals surface area contributed by atoms with Crippen LogP contribution in [0.2, 0.25) is 0 Å². The summed E-state index contributed by atoms with van der Waals surface area (Å²) in [6.07, 6.45) is 0. The number of hydrogen-bond donors (Lipinski definition) is 1. The molecule has 1 N–H and O–H groups in total. The van der Waals surface area contributed by atoms with Gasteiger partial charge in [-0.25, -0.2) is 0 Å². The molecule has 0 fully saturated rings.